The van der Waals surface area contributed by atoms with Gasteiger partial charge in [-0.1, -0.05) is 0 Å². The van der Waals surface area contributed by atoms with Crippen LogP contribution in [-0.4, -0.2) is 47.1 Å². The number of carbonyl (C=O) groups excluding carboxylic acids is 1. The van der Waals surface area contributed by atoms with Crippen molar-refractivity contribution in [3.63, 3.8) is 0 Å². The zero-order chi connectivity index (χ0) is 21.7. The molecule has 2 N–H and O–H groups in total. The van der Waals surface area contributed by atoms with Gasteiger partial charge in [-0.2, -0.15) is 8.75 Å². The second kappa shape index (κ2) is 9.20. The summed E-state index contributed by atoms with van der Waals surface area (Å²) in [6, 6.07) is 10.5. The molecule has 0 aliphatic heterocycles. The number of aromatic nitrogens is 2. The number of nitrogens with one attached hydrogen (secondary N) is 1. The number of ether oxygens (including phenoxy) is 2. The number of anilines is 1. The minimum atomic E-state index is -3.32. The molecule has 0 radical (unpaired) electrons. The highest BCUT2D eigenvalue weighted by Crippen LogP contribution is 2.29. The SMILES string of the molecule is CC(CO)Oc1cc(Oc2ccc(S(C)(=O)=O)cc2)cc(C(=O)Nc2cnsn2)c1. The first-order chi connectivity index (χ1) is 14.2. The van der Waals surface area contributed by atoms with Crippen molar-refractivity contribution in [3.8, 4) is 17.2 Å². The fourth-order valence-corrected chi connectivity index (χ4v) is 3.40. The van der Waals surface area contributed by atoms with Crippen molar-refractivity contribution >= 4 is 33.3 Å². The van der Waals surface area contributed by atoms with E-state index in [4.69, 9.17) is 9.47 Å². The Bertz CT molecular complexity index is 1120. The Balaban J connectivity index is 1.88. The molecule has 9 nitrogen and oxygen atoms in total. The zero-order valence-corrected chi connectivity index (χ0v) is 17.7. The van der Waals surface area contributed by atoms with E-state index in [9.17, 15) is 18.3 Å². The number of amides is 1. The summed E-state index contributed by atoms with van der Waals surface area (Å²) in [7, 11) is -3.32. The summed E-state index contributed by atoms with van der Waals surface area (Å²) in [4.78, 5) is 12.7. The van der Waals surface area contributed by atoms with Gasteiger partial charge in [0.1, 0.15) is 23.4 Å². The van der Waals surface area contributed by atoms with Crippen molar-refractivity contribution in [2.75, 3.05) is 18.2 Å². The van der Waals surface area contributed by atoms with Crippen LogP contribution in [0.25, 0.3) is 0 Å². The standard InChI is InChI=1S/C19H19N3O6S2/c1-12(11-23)27-15-7-13(19(24)21-18-10-20-29-22-18)8-16(9-15)28-14-3-5-17(6-4-14)30(2,25)26/h3-10,12,23H,11H2,1-2H3,(H,21,22,24). The van der Waals surface area contributed by atoms with Gasteiger partial charge in [-0.25, -0.2) is 8.42 Å². The van der Waals surface area contributed by atoms with Gasteiger partial charge in [0.25, 0.3) is 5.91 Å². The summed E-state index contributed by atoms with van der Waals surface area (Å²) in [5.41, 5.74) is 0.244. The molecule has 3 aromatic rings. The van der Waals surface area contributed by atoms with E-state index in [2.05, 4.69) is 14.1 Å². The molecule has 0 bridgehead atoms. The average molecular weight is 450 g/mol. The van der Waals surface area contributed by atoms with E-state index in [1.807, 2.05) is 0 Å². The fraction of sp³-hybridized carbons (Fsp3) is 0.211. The third-order valence-electron chi connectivity index (χ3n) is 3.83. The predicted octanol–water partition coefficient (Wildman–Crippen LogP) is 2.75. The van der Waals surface area contributed by atoms with Gasteiger partial charge in [-0.3, -0.25) is 4.79 Å². The number of hydrogen-bond acceptors (Lipinski definition) is 9. The number of hydrogen-bond donors (Lipinski definition) is 2. The van der Waals surface area contributed by atoms with Crippen LogP contribution in [0.3, 0.4) is 0 Å². The molecule has 11 heteroatoms. The largest absolute Gasteiger partial charge is 0.488 e. The lowest BCUT2D eigenvalue weighted by atomic mass is 10.2. The lowest BCUT2D eigenvalue weighted by molar-refractivity contribution is 0.102. The van der Waals surface area contributed by atoms with Crippen molar-refractivity contribution in [2.45, 2.75) is 17.9 Å². The van der Waals surface area contributed by atoms with Crippen LogP contribution in [0, 0.1) is 0 Å². The minimum absolute atomic E-state index is 0.167. The number of carbonyl (C=O) groups is 1. The summed E-state index contributed by atoms with van der Waals surface area (Å²) in [5, 5.41) is 11.9. The lowest BCUT2D eigenvalue weighted by Crippen LogP contribution is -2.17. The van der Waals surface area contributed by atoms with Crippen molar-refractivity contribution < 1.29 is 27.8 Å². The molecule has 158 valence electrons. The first kappa shape index (κ1) is 21.7. The first-order valence-electron chi connectivity index (χ1n) is 8.74. The number of nitrogens with zero attached hydrogens (tertiary/aromatic N) is 2. The highest BCUT2D eigenvalue weighted by molar-refractivity contribution is 7.90. The number of aliphatic hydroxyl groups excluding tert-OH is 1. The Morgan fingerprint density at radius 1 is 1.17 bits per heavy atom. The van der Waals surface area contributed by atoms with E-state index < -0.39 is 21.8 Å². The molecule has 1 unspecified atom stereocenters. The van der Waals surface area contributed by atoms with Gasteiger partial charge in [-0.05, 0) is 43.3 Å². The molecule has 0 saturated carbocycles. The van der Waals surface area contributed by atoms with E-state index in [0.717, 1.165) is 18.0 Å². The Morgan fingerprint density at radius 3 is 2.47 bits per heavy atom. The molecule has 1 amide bonds. The number of sulfone groups is 1. The van der Waals surface area contributed by atoms with Crippen LogP contribution in [0.1, 0.15) is 17.3 Å². The lowest BCUT2D eigenvalue weighted by Gasteiger charge is -2.15. The number of rotatable bonds is 8. The molecular formula is C19H19N3O6S2. The molecule has 1 aromatic heterocycles. The van der Waals surface area contributed by atoms with Gasteiger partial charge in [0.15, 0.2) is 15.7 Å². The quantitative estimate of drug-likeness (QED) is 0.537. The average Bonchev–Trinajstić information content (AvgIpc) is 3.20. The van der Waals surface area contributed by atoms with Crippen molar-refractivity contribution in [1.29, 1.82) is 0 Å². The normalized spacial score (nSPS) is 12.2. The zero-order valence-electron chi connectivity index (χ0n) is 16.1. The summed E-state index contributed by atoms with van der Waals surface area (Å²) in [5.74, 6) is 0.875. The second-order valence-electron chi connectivity index (χ2n) is 6.40. The van der Waals surface area contributed by atoms with Crippen molar-refractivity contribution in [1.82, 2.24) is 8.75 Å². The minimum Gasteiger partial charge on any atom is -0.488 e. The van der Waals surface area contributed by atoms with E-state index in [1.165, 1.54) is 42.6 Å². The molecular weight excluding hydrogens is 430 g/mol. The Morgan fingerprint density at radius 2 is 1.87 bits per heavy atom. The van der Waals surface area contributed by atoms with Gasteiger partial charge >= 0.3 is 0 Å². The molecule has 1 heterocycles. The molecule has 0 saturated heterocycles. The molecule has 0 aliphatic rings. The summed E-state index contributed by atoms with van der Waals surface area (Å²) < 4.78 is 42.4. The Kier molecular flexibility index (Phi) is 6.65. The molecule has 0 aliphatic carbocycles. The van der Waals surface area contributed by atoms with Gasteiger partial charge in [0, 0.05) is 17.9 Å². The Hall–Kier alpha value is -3.02. The highest BCUT2D eigenvalue weighted by atomic mass is 32.2. The summed E-state index contributed by atoms with van der Waals surface area (Å²) in [6.45, 7) is 1.47. The van der Waals surface area contributed by atoms with Crippen LogP contribution in [0.15, 0.2) is 53.6 Å². The second-order valence-corrected chi connectivity index (χ2v) is 8.97. The molecule has 2 aromatic carbocycles. The third kappa shape index (κ3) is 5.75. The number of aliphatic hydroxyl groups is 1. The molecule has 30 heavy (non-hydrogen) atoms. The monoisotopic (exact) mass is 449 g/mol. The summed E-state index contributed by atoms with van der Waals surface area (Å²) >= 11 is 0.964. The smallest absolute Gasteiger partial charge is 0.257 e. The molecule has 1 atom stereocenters. The van der Waals surface area contributed by atoms with Crippen molar-refractivity contribution in [3.05, 3.63) is 54.2 Å². The van der Waals surface area contributed by atoms with Crippen LogP contribution in [0.5, 0.6) is 17.2 Å². The molecule has 0 spiro atoms. The third-order valence-corrected chi connectivity index (χ3v) is 5.43. The van der Waals surface area contributed by atoms with Crippen LogP contribution in [0.2, 0.25) is 0 Å². The fourth-order valence-electron chi connectivity index (χ4n) is 2.40. The maximum Gasteiger partial charge on any atom is 0.257 e. The maximum atomic E-state index is 12.6. The molecule has 0 fully saturated rings. The first-order valence-corrected chi connectivity index (χ1v) is 11.4. The molecule has 3 rings (SSSR count). The topological polar surface area (TPSA) is 128 Å². The van der Waals surface area contributed by atoms with E-state index in [0.29, 0.717) is 23.1 Å². The number of benzene rings is 2. The predicted molar refractivity (Wildman–Crippen MR) is 111 cm³/mol. The van der Waals surface area contributed by atoms with Gasteiger partial charge in [0.2, 0.25) is 0 Å². The van der Waals surface area contributed by atoms with E-state index >= 15 is 0 Å². The van der Waals surface area contributed by atoms with Crippen LogP contribution in [0.4, 0.5) is 5.82 Å². The summed E-state index contributed by atoms with van der Waals surface area (Å²) in [6.07, 6.45) is 2.06. The van der Waals surface area contributed by atoms with Crippen LogP contribution < -0.4 is 14.8 Å². The van der Waals surface area contributed by atoms with Crippen molar-refractivity contribution in [2.24, 2.45) is 0 Å². The van der Waals surface area contributed by atoms with Gasteiger partial charge < -0.3 is 19.9 Å². The maximum absolute atomic E-state index is 12.6. The van der Waals surface area contributed by atoms with E-state index in [1.54, 1.807) is 13.0 Å². The van der Waals surface area contributed by atoms with Gasteiger partial charge in [0.05, 0.1) is 29.4 Å². The highest BCUT2D eigenvalue weighted by Gasteiger charge is 2.14. The van der Waals surface area contributed by atoms with E-state index in [-0.39, 0.29) is 17.1 Å². The van der Waals surface area contributed by atoms with Gasteiger partial charge in [-0.15, -0.1) is 0 Å². The van der Waals surface area contributed by atoms with Crippen LogP contribution in [-0.2, 0) is 9.84 Å². The Labute approximate surface area is 177 Å². The van der Waals surface area contributed by atoms with Crippen LogP contribution >= 0.6 is 11.7 Å².